The lowest BCUT2D eigenvalue weighted by Crippen LogP contribution is -2.37. The lowest BCUT2D eigenvalue weighted by Gasteiger charge is -2.21. The Kier molecular flexibility index (Phi) is 3.27. The van der Waals surface area contributed by atoms with Gasteiger partial charge in [-0.05, 0) is 6.42 Å². The molecule has 1 heterocycles. The maximum atomic E-state index is 10.7. The largest absolute Gasteiger partial charge is 0.356 e. The molecule has 13 heavy (non-hydrogen) atoms. The Morgan fingerprint density at radius 3 is 2.77 bits per heavy atom. The summed E-state index contributed by atoms with van der Waals surface area (Å²) in [6, 6.07) is 0. The van der Waals surface area contributed by atoms with Crippen LogP contribution in [0.4, 0.5) is 0 Å². The Morgan fingerprint density at radius 1 is 1.62 bits per heavy atom. The summed E-state index contributed by atoms with van der Waals surface area (Å²) in [7, 11) is -3.35. The quantitative estimate of drug-likeness (QED) is 0.632. The molecule has 5 nitrogen and oxygen atoms in total. The summed E-state index contributed by atoms with van der Waals surface area (Å²) < 4.78 is 25.9. The second kappa shape index (κ2) is 4.06. The fraction of sp³-hybridized carbons (Fsp3) is 0.857. The van der Waals surface area contributed by atoms with Crippen molar-refractivity contribution in [3.05, 3.63) is 0 Å². The first kappa shape index (κ1) is 10.5. The summed E-state index contributed by atoms with van der Waals surface area (Å²) in [5, 5.41) is 2.65. The highest BCUT2D eigenvalue weighted by Crippen LogP contribution is 2.11. The molecule has 1 saturated heterocycles. The first-order valence-corrected chi connectivity index (χ1v) is 5.90. The van der Waals surface area contributed by atoms with Crippen LogP contribution in [0.25, 0.3) is 0 Å². The minimum atomic E-state index is -3.35. The Hall–Kier alpha value is -0.620. The number of nitrogens with one attached hydrogen (secondary N) is 1. The molecule has 0 saturated carbocycles. The summed E-state index contributed by atoms with van der Waals surface area (Å²) in [6.07, 6.45) is 2.17. The molecule has 6 heteroatoms. The topological polar surface area (TPSA) is 72.5 Å². The van der Waals surface area contributed by atoms with Crippen molar-refractivity contribution in [3.63, 3.8) is 0 Å². The van der Waals surface area contributed by atoms with Crippen molar-refractivity contribution >= 4 is 16.0 Å². The first-order valence-electron chi connectivity index (χ1n) is 4.08. The molecule has 0 aliphatic carbocycles. The molecular weight excluding hydrogens is 194 g/mol. The Labute approximate surface area is 77.6 Å². The zero-order valence-electron chi connectivity index (χ0n) is 7.45. The maximum absolute atomic E-state index is 10.7. The molecule has 0 radical (unpaired) electrons. The standard InChI is InChI=1S/C7H13NO4S/c1-13(10,11)12-5-6-2-3-7(9)8-4-6/h6H,2-5H2,1H3,(H,8,9). The third-order valence-electron chi connectivity index (χ3n) is 1.89. The number of amides is 1. The van der Waals surface area contributed by atoms with Gasteiger partial charge in [-0.2, -0.15) is 8.42 Å². The van der Waals surface area contributed by atoms with E-state index in [1.165, 1.54) is 0 Å². The molecule has 0 bridgehead atoms. The van der Waals surface area contributed by atoms with Crippen LogP contribution in [0.2, 0.25) is 0 Å². The van der Waals surface area contributed by atoms with Gasteiger partial charge in [0.2, 0.25) is 5.91 Å². The fourth-order valence-corrected chi connectivity index (χ4v) is 1.59. The lowest BCUT2D eigenvalue weighted by atomic mass is 10.0. The molecule has 1 unspecified atom stereocenters. The highest BCUT2D eigenvalue weighted by atomic mass is 32.2. The average Bonchev–Trinajstić information content (AvgIpc) is 2.02. The van der Waals surface area contributed by atoms with E-state index in [1.54, 1.807) is 0 Å². The number of piperidine rings is 1. The molecule has 1 amide bonds. The van der Waals surface area contributed by atoms with Crippen molar-refractivity contribution in [1.29, 1.82) is 0 Å². The van der Waals surface area contributed by atoms with Gasteiger partial charge in [-0.1, -0.05) is 0 Å². The molecule has 0 aromatic carbocycles. The molecule has 0 aromatic rings. The molecule has 1 aliphatic rings. The maximum Gasteiger partial charge on any atom is 0.264 e. The highest BCUT2D eigenvalue weighted by molar-refractivity contribution is 7.85. The predicted molar refractivity (Wildman–Crippen MR) is 46.5 cm³/mol. The summed E-state index contributed by atoms with van der Waals surface area (Å²) in [5.74, 6) is 0.142. The van der Waals surface area contributed by atoms with Gasteiger partial charge < -0.3 is 5.32 Å². The van der Waals surface area contributed by atoms with Crippen LogP contribution in [0.3, 0.4) is 0 Å². The van der Waals surface area contributed by atoms with E-state index in [-0.39, 0.29) is 18.4 Å². The summed E-state index contributed by atoms with van der Waals surface area (Å²) in [5.41, 5.74) is 0. The third kappa shape index (κ3) is 4.23. The molecule has 1 aliphatic heterocycles. The lowest BCUT2D eigenvalue weighted by molar-refractivity contribution is -0.123. The molecule has 0 aromatic heterocycles. The summed E-state index contributed by atoms with van der Waals surface area (Å²) in [4.78, 5) is 10.7. The van der Waals surface area contributed by atoms with Crippen molar-refractivity contribution in [2.75, 3.05) is 19.4 Å². The van der Waals surface area contributed by atoms with Crippen LogP contribution in [-0.2, 0) is 19.1 Å². The SMILES string of the molecule is CS(=O)(=O)OCC1CCC(=O)NC1. The second-order valence-electron chi connectivity index (χ2n) is 3.20. The van der Waals surface area contributed by atoms with Crippen molar-refractivity contribution < 1.29 is 17.4 Å². The fourth-order valence-electron chi connectivity index (χ4n) is 1.15. The summed E-state index contributed by atoms with van der Waals surface area (Å²) in [6.45, 7) is 0.674. The van der Waals surface area contributed by atoms with Crippen LogP contribution in [0.1, 0.15) is 12.8 Å². The number of rotatable bonds is 3. The van der Waals surface area contributed by atoms with E-state index < -0.39 is 10.1 Å². The molecule has 76 valence electrons. The third-order valence-corrected chi connectivity index (χ3v) is 2.45. The van der Waals surface area contributed by atoms with Gasteiger partial charge in [0.25, 0.3) is 10.1 Å². The van der Waals surface area contributed by atoms with Crippen LogP contribution >= 0.6 is 0 Å². The van der Waals surface area contributed by atoms with Gasteiger partial charge in [0.1, 0.15) is 0 Å². The molecular formula is C7H13NO4S. The number of carbonyl (C=O) groups excluding carboxylic acids is 1. The van der Waals surface area contributed by atoms with Gasteiger partial charge in [0.05, 0.1) is 12.9 Å². The van der Waals surface area contributed by atoms with Crippen molar-refractivity contribution in [2.45, 2.75) is 12.8 Å². The molecule has 1 N–H and O–H groups in total. The van der Waals surface area contributed by atoms with E-state index in [9.17, 15) is 13.2 Å². The zero-order chi connectivity index (χ0) is 9.90. The van der Waals surface area contributed by atoms with E-state index in [0.29, 0.717) is 19.4 Å². The van der Waals surface area contributed by atoms with E-state index in [4.69, 9.17) is 0 Å². The highest BCUT2D eigenvalue weighted by Gasteiger charge is 2.19. The summed E-state index contributed by atoms with van der Waals surface area (Å²) >= 11 is 0. The van der Waals surface area contributed by atoms with E-state index in [0.717, 1.165) is 6.26 Å². The monoisotopic (exact) mass is 207 g/mol. The van der Waals surface area contributed by atoms with Crippen molar-refractivity contribution in [3.8, 4) is 0 Å². The van der Waals surface area contributed by atoms with Crippen molar-refractivity contribution in [1.82, 2.24) is 5.32 Å². The van der Waals surface area contributed by atoms with Gasteiger partial charge in [0.15, 0.2) is 0 Å². The van der Waals surface area contributed by atoms with E-state index in [2.05, 4.69) is 9.50 Å². The molecule has 1 atom stereocenters. The van der Waals surface area contributed by atoms with Crippen LogP contribution < -0.4 is 5.32 Å². The number of hydrogen-bond donors (Lipinski definition) is 1. The Bertz CT molecular complexity index is 275. The van der Waals surface area contributed by atoms with Gasteiger partial charge in [0, 0.05) is 18.9 Å². The van der Waals surface area contributed by atoms with E-state index >= 15 is 0 Å². The Morgan fingerprint density at radius 2 is 2.31 bits per heavy atom. The van der Waals surface area contributed by atoms with E-state index in [1.807, 2.05) is 0 Å². The predicted octanol–water partition coefficient (Wildman–Crippen LogP) is -0.511. The number of hydrogen-bond acceptors (Lipinski definition) is 4. The molecule has 1 fully saturated rings. The smallest absolute Gasteiger partial charge is 0.264 e. The Balaban J connectivity index is 2.27. The van der Waals surface area contributed by atoms with Crippen LogP contribution in [-0.4, -0.2) is 33.7 Å². The minimum Gasteiger partial charge on any atom is -0.356 e. The molecule has 1 rings (SSSR count). The number of carbonyl (C=O) groups is 1. The van der Waals surface area contributed by atoms with Crippen molar-refractivity contribution in [2.24, 2.45) is 5.92 Å². The van der Waals surface area contributed by atoms with Crippen LogP contribution in [0.15, 0.2) is 0 Å². The van der Waals surface area contributed by atoms with Gasteiger partial charge >= 0.3 is 0 Å². The second-order valence-corrected chi connectivity index (χ2v) is 4.84. The zero-order valence-corrected chi connectivity index (χ0v) is 8.26. The molecule has 0 spiro atoms. The first-order chi connectivity index (χ1) is 5.97. The minimum absolute atomic E-state index is 0.0237. The van der Waals surface area contributed by atoms with Crippen LogP contribution in [0.5, 0.6) is 0 Å². The van der Waals surface area contributed by atoms with Gasteiger partial charge in [-0.25, -0.2) is 0 Å². The normalized spacial score (nSPS) is 24.1. The van der Waals surface area contributed by atoms with Crippen LogP contribution in [0, 0.1) is 5.92 Å². The van der Waals surface area contributed by atoms with Gasteiger partial charge in [-0.15, -0.1) is 0 Å². The average molecular weight is 207 g/mol. The van der Waals surface area contributed by atoms with Gasteiger partial charge in [-0.3, -0.25) is 8.98 Å².